The predicted octanol–water partition coefficient (Wildman–Crippen LogP) is 1.48. The summed E-state index contributed by atoms with van der Waals surface area (Å²) < 4.78 is 0. The zero-order valence-electron chi connectivity index (χ0n) is 13.8. The van der Waals surface area contributed by atoms with Crippen LogP contribution in [0.15, 0.2) is 0 Å². The van der Waals surface area contributed by atoms with E-state index in [-0.39, 0.29) is 11.9 Å². The molecule has 2 aliphatic rings. The normalized spacial score (nSPS) is 30.8. The molecule has 23 heavy (non-hydrogen) atoms. The molecule has 7 heteroatoms. The smallest absolute Gasteiger partial charge is 0.312 e. The SMILES string of the molecule is NC(=O)N[C@H]1CS[C@@H](CCCCC(=O)NC2CCC(N)CC2)C1. The van der Waals surface area contributed by atoms with Crippen molar-refractivity contribution < 1.29 is 9.59 Å². The molecule has 0 bridgehead atoms. The summed E-state index contributed by atoms with van der Waals surface area (Å²) in [5.41, 5.74) is 11.0. The summed E-state index contributed by atoms with van der Waals surface area (Å²) in [7, 11) is 0. The molecule has 0 aromatic carbocycles. The average Bonchev–Trinajstić information content (AvgIpc) is 2.93. The monoisotopic (exact) mass is 342 g/mol. The third-order valence-corrected chi connectivity index (χ3v) is 6.24. The molecule has 0 aromatic rings. The van der Waals surface area contributed by atoms with E-state index in [0.29, 0.717) is 23.8 Å². The number of nitrogens with one attached hydrogen (secondary N) is 2. The third-order valence-electron chi connectivity index (χ3n) is 4.74. The highest BCUT2D eigenvalue weighted by atomic mass is 32.2. The number of hydrogen-bond acceptors (Lipinski definition) is 4. The average molecular weight is 343 g/mol. The Labute approximate surface area is 142 Å². The molecule has 0 spiro atoms. The van der Waals surface area contributed by atoms with Gasteiger partial charge in [0.25, 0.3) is 0 Å². The Balaban J connectivity index is 1.50. The molecule has 2 rings (SSSR count). The second-order valence-corrected chi connectivity index (χ2v) is 8.15. The summed E-state index contributed by atoms with van der Waals surface area (Å²) in [4.78, 5) is 22.8. The van der Waals surface area contributed by atoms with Crippen LogP contribution in [0, 0.1) is 0 Å². The Morgan fingerprint density at radius 1 is 1.04 bits per heavy atom. The molecule has 2 atom stereocenters. The van der Waals surface area contributed by atoms with Gasteiger partial charge < -0.3 is 22.1 Å². The standard InChI is InChI=1S/C16H30N4O2S/c17-11-5-7-12(8-6-11)19-15(21)4-2-1-3-14-9-13(10-23-14)20-16(18)22/h11-14H,1-10,17H2,(H,19,21)(H3,18,20,22)/t11?,12?,13-,14+/m1/s1. The summed E-state index contributed by atoms with van der Waals surface area (Å²) in [5, 5.41) is 6.49. The first kappa shape index (κ1) is 18.4. The van der Waals surface area contributed by atoms with E-state index in [9.17, 15) is 9.59 Å². The molecule has 132 valence electrons. The molecule has 1 saturated carbocycles. The lowest BCUT2D eigenvalue weighted by atomic mass is 9.92. The van der Waals surface area contributed by atoms with Crippen LogP contribution in [0.2, 0.25) is 0 Å². The molecule has 0 unspecified atom stereocenters. The summed E-state index contributed by atoms with van der Waals surface area (Å²) >= 11 is 1.90. The van der Waals surface area contributed by atoms with Gasteiger partial charge in [-0.3, -0.25) is 4.79 Å². The highest BCUT2D eigenvalue weighted by molar-refractivity contribution is 8.00. The maximum Gasteiger partial charge on any atom is 0.312 e. The molecule has 1 aliphatic heterocycles. The van der Waals surface area contributed by atoms with Gasteiger partial charge in [-0.05, 0) is 44.9 Å². The lowest BCUT2D eigenvalue weighted by Gasteiger charge is -2.26. The molecular weight excluding hydrogens is 312 g/mol. The first-order chi connectivity index (χ1) is 11.0. The lowest BCUT2D eigenvalue weighted by molar-refractivity contribution is -0.122. The van der Waals surface area contributed by atoms with Crippen LogP contribution in [0.3, 0.4) is 0 Å². The van der Waals surface area contributed by atoms with E-state index in [2.05, 4.69) is 10.6 Å². The number of carbonyl (C=O) groups is 2. The molecule has 1 aliphatic carbocycles. The van der Waals surface area contributed by atoms with Crippen molar-refractivity contribution in [1.82, 2.24) is 10.6 Å². The van der Waals surface area contributed by atoms with E-state index in [1.165, 1.54) is 0 Å². The van der Waals surface area contributed by atoms with Crippen molar-refractivity contribution in [2.24, 2.45) is 11.5 Å². The number of carbonyl (C=O) groups excluding carboxylic acids is 2. The fourth-order valence-corrected chi connectivity index (χ4v) is 4.86. The Kier molecular flexibility index (Phi) is 7.49. The molecule has 6 N–H and O–H groups in total. The number of unbranched alkanes of at least 4 members (excludes halogenated alkanes) is 1. The summed E-state index contributed by atoms with van der Waals surface area (Å²) in [6.45, 7) is 0. The van der Waals surface area contributed by atoms with Crippen LogP contribution < -0.4 is 22.1 Å². The zero-order chi connectivity index (χ0) is 16.7. The van der Waals surface area contributed by atoms with Gasteiger partial charge >= 0.3 is 6.03 Å². The first-order valence-electron chi connectivity index (χ1n) is 8.75. The van der Waals surface area contributed by atoms with Gasteiger partial charge in [-0.1, -0.05) is 6.42 Å². The molecular formula is C16H30N4O2S. The van der Waals surface area contributed by atoms with E-state index in [0.717, 1.165) is 57.1 Å². The Morgan fingerprint density at radius 3 is 2.48 bits per heavy atom. The zero-order valence-corrected chi connectivity index (χ0v) is 14.6. The minimum absolute atomic E-state index is 0.179. The third kappa shape index (κ3) is 6.99. The highest BCUT2D eigenvalue weighted by Gasteiger charge is 2.25. The van der Waals surface area contributed by atoms with Gasteiger partial charge in [-0.25, -0.2) is 4.79 Å². The van der Waals surface area contributed by atoms with E-state index >= 15 is 0 Å². The maximum atomic E-state index is 12.0. The molecule has 3 amide bonds. The molecule has 1 saturated heterocycles. The van der Waals surface area contributed by atoms with Gasteiger partial charge in [0.1, 0.15) is 0 Å². The van der Waals surface area contributed by atoms with E-state index in [1.54, 1.807) is 0 Å². The predicted molar refractivity (Wildman–Crippen MR) is 94.2 cm³/mol. The number of urea groups is 1. The minimum atomic E-state index is -0.434. The number of thioether (sulfide) groups is 1. The van der Waals surface area contributed by atoms with Crippen molar-refractivity contribution in [2.45, 2.75) is 81.2 Å². The van der Waals surface area contributed by atoms with Crippen LogP contribution in [-0.2, 0) is 4.79 Å². The van der Waals surface area contributed by atoms with Gasteiger partial charge in [-0.2, -0.15) is 11.8 Å². The molecule has 1 heterocycles. The van der Waals surface area contributed by atoms with Crippen LogP contribution >= 0.6 is 11.8 Å². The number of nitrogens with two attached hydrogens (primary N) is 2. The minimum Gasteiger partial charge on any atom is -0.353 e. The Hall–Kier alpha value is -0.950. The lowest BCUT2D eigenvalue weighted by Crippen LogP contribution is -2.40. The van der Waals surface area contributed by atoms with Gasteiger partial charge in [0.05, 0.1) is 0 Å². The van der Waals surface area contributed by atoms with Crippen molar-refractivity contribution >= 4 is 23.7 Å². The van der Waals surface area contributed by atoms with Crippen molar-refractivity contribution in [2.75, 3.05) is 5.75 Å². The van der Waals surface area contributed by atoms with Crippen LogP contribution in [0.5, 0.6) is 0 Å². The number of primary amides is 1. The van der Waals surface area contributed by atoms with Crippen LogP contribution in [-0.4, -0.2) is 41.1 Å². The number of hydrogen-bond donors (Lipinski definition) is 4. The fraction of sp³-hybridized carbons (Fsp3) is 0.875. The largest absolute Gasteiger partial charge is 0.353 e. The topological polar surface area (TPSA) is 110 Å². The Bertz CT molecular complexity index is 400. The highest BCUT2D eigenvalue weighted by Crippen LogP contribution is 2.30. The van der Waals surface area contributed by atoms with Gasteiger partial charge in [-0.15, -0.1) is 0 Å². The summed E-state index contributed by atoms with van der Waals surface area (Å²) in [6.07, 6.45) is 8.76. The molecule has 0 aromatic heterocycles. The van der Waals surface area contributed by atoms with Crippen molar-refractivity contribution in [3.8, 4) is 0 Å². The van der Waals surface area contributed by atoms with E-state index in [4.69, 9.17) is 11.5 Å². The second kappa shape index (κ2) is 9.37. The summed E-state index contributed by atoms with van der Waals surface area (Å²) in [5.74, 6) is 1.12. The maximum absolute atomic E-state index is 12.0. The number of amides is 3. The van der Waals surface area contributed by atoms with Crippen molar-refractivity contribution in [3.05, 3.63) is 0 Å². The fourth-order valence-electron chi connectivity index (χ4n) is 3.43. The van der Waals surface area contributed by atoms with E-state index < -0.39 is 6.03 Å². The van der Waals surface area contributed by atoms with Gasteiger partial charge in [0.2, 0.25) is 5.91 Å². The molecule has 6 nitrogen and oxygen atoms in total. The first-order valence-corrected chi connectivity index (χ1v) is 9.80. The molecule has 0 radical (unpaired) electrons. The van der Waals surface area contributed by atoms with Gasteiger partial charge in [0, 0.05) is 35.5 Å². The Morgan fingerprint density at radius 2 is 1.78 bits per heavy atom. The summed E-state index contributed by atoms with van der Waals surface area (Å²) in [6, 6.07) is 0.424. The van der Waals surface area contributed by atoms with E-state index in [1.807, 2.05) is 11.8 Å². The van der Waals surface area contributed by atoms with Crippen molar-refractivity contribution in [1.29, 1.82) is 0 Å². The number of rotatable bonds is 7. The van der Waals surface area contributed by atoms with Gasteiger partial charge in [0.15, 0.2) is 0 Å². The van der Waals surface area contributed by atoms with Crippen LogP contribution in [0.1, 0.15) is 57.8 Å². The molecule has 2 fully saturated rings. The van der Waals surface area contributed by atoms with Crippen LogP contribution in [0.25, 0.3) is 0 Å². The quantitative estimate of drug-likeness (QED) is 0.525. The van der Waals surface area contributed by atoms with Crippen molar-refractivity contribution in [3.63, 3.8) is 0 Å². The van der Waals surface area contributed by atoms with Crippen LogP contribution in [0.4, 0.5) is 4.79 Å². The second-order valence-electron chi connectivity index (χ2n) is 6.82.